The summed E-state index contributed by atoms with van der Waals surface area (Å²) in [5.74, 6) is 1.84. The zero-order chi connectivity index (χ0) is 12.3. The molecule has 0 radical (unpaired) electrons. The fourth-order valence-electron chi connectivity index (χ4n) is 1.66. The fourth-order valence-corrected chi connectivity index (χ4v) is 2.04. The molecule has 0 aromatic heterocycles. The second kappa shape index (κ2) is 5.69. The lowest BCUT2D eigenvalue weighted by Crippen LogP contribution is -2.23. The highest BCUT2D eigenvalue weighted by atomic mass is 79.9. The van der Waals surface area contributed by atoms with Gasteiger partial charge in [-0.1, -0.05) is 36.7 Å². The van der Waals surface area contributed by atoms with Crippen molar-refractivity contribution in [3.8, 4) is 5.75 Å². The minimum atomic E-state index is 0.00690. The lowest BCUT2D eigenvalue weighted by molar-refractivity contribution is 0.337. The van der Waals surface area contributed by atoms with Crippen molar-refractivity contribution >= 4 is 15.9 Å². The summed E-state index contributed by atoms with van der Waals surface area (Å²) in [7, 11) is 1.68. The molecule has 0 fully saturated rings. The van der Waals surface area contributed by atoms with Gasteiger partial charge in [-0.15, -0.1) is 0 Å². The van der Waals surface area contributed by atoms with E-state index >= 15 is 0 Å². The summed E-state index contributed by atoms with van der Waals surface area (Å²) in [6.45, 7) is 6.56. The molecule has 0 spiro atoms. The van der Waals surface area contributed by atoms with E-state index in [0.29, 0.717) is 11.8 Å². The minimum Gasteiger partial charge on any atom is -0.496 e. The summed E-state index contributed by atoms with van der Waals surface area (Å²) in [6.07, 6.45) is 0. The number of halogens is 1. The van der Waals surface area contributed by atoms with Crippen LogP contribution >= 0.6 is 15.9 Å². The van der Waals surface area contributed by atoms with E-state index in [4.69, 9.17) is 10.5 Å². The Balaban J connectivity index is 3.05. The standard InChI is InChI=1S/C13H20BrNO/c1-8(2)9(3)13(15)11-7-10(14)5-6-12(11)16-4/h5-9,13H,15H2,1-4H3. The maximum Gasteiger partial charge on any atom is 0.123 e. The molecule has 1 aromatic rings. The lowest BCUT2D eigenvalue weighted by atomic mass is 9.86. The van der Waals surface area contributed by atoms with E-state index in [1.807, 2.05) is 18.2 Å². The quantitative estimate of drug-likeness (QED) is 0.915. The molecule has 0 saturated heterocycles. The van der Waals surface area contributed by atoms with Crippen LogP contribution in [-0.4, -0.2) is 7.11 Å². The summed E-state index contributed by atoms with van der Waals surface area (Å²) in [5.41, 5.74) is 7.35. The van der Waals surface area contributed by atoms with E-state index in [2.05, 4.69) is 36.7 Å². The molecule has 2 atom stereocenters. The molecular formula is C13H20BrNO. The van der Waals surface area contributed by atoms with Gasteiger partial charge in [-0.05, 0) is 30.0 Å². The first-order valence-corrected chi connectivity index (χ1v) is 6.35. The van der Waals surface area contributed by atoms with Crippen molar-refractivity contribution in [2.75, 3.05) is 7.11 Å². The van der Waals surface area contributed by atoms with E-state index in [-0.39, 0.29) is 6.04 Å². The van der Waals surface area contributed by atoms with Crippen LogP contribution in [0.25, 0.3) is 0 Å². The highest BCUT2D eigenvalue weighted by molar-refractivity contribution is 9.10. The van der Waals surface area contributed by atoms with Crippen molar-refractivity contribution in [2.45, 2.75) is 26.8 Å². The first kappa shape index (κ1) is 13.5. The second-order valence-corrected chi connectivity index (χ2v) is 5.43. The Labute approximate surface area is 106 Å². The van der Waals surface area contributed by atoms with Crippen molar-refractivity contribution in [1.29, 1.82) is 0 Å². The molecule has 2 N–H and O–H groups in total. The van der Waals surface area contributed by atoms with Gasteiger partial charge in [-0.25, -0.2) is 0 Å². The monoisotopic (exact) mass is 285 g/mol. The Morgan fingerprint density at radius 3 is 2.38 bits per heavy atom. The normalized spacial score (nSPS) is 14.9. The maximum atomic E-state index is 6.28. The summed E-state index contributed by atoms with van der Waals surface area (Å²) < 4.78 is 6.39. The average Bonchev–Trinajstić information content (AvgIpc) is 2.26. The number of methoxy groups -OCH3 is 1. The van der Waals surface area contributed by atoms with Crippen LogP contribution in [0.1, 0.15) is 32.4 Å². The topological polar surface area (TPSA) is 35.2 Å². The molecule has 3 heteroatoms. The van der Waals surface area contributed by atoms with E-state index in [0.717, 1.165) is 15.8 Å². The van der Waals surface area contributed by atoms with Gasteiger partial charge in [0.15, 0.2) is 0 Å². The third kappa shape index (κ3) is 2.98. The number of ether oxygens (including phenoxy) is 1. The maximum absolute atomic E-state index is 6.28. The van der Waals surface area contributed by atoms with Gasteiger partial charge >= 0.3 is 0 Å². The van der Waals surface area contributed by atoms with Crippen LogP contribution in [0.2, 0.25) is 0 Å². The van der Waals surface area contributed by atoms with Crippen LogP contribution in [0.4, 0.5) is 0 Å². The van der Waals surface area contributed by atoms with Crippen molar-refractivity contribution in [3.05, 3.63) is 28.2 Å². The Kier molecular flexibility index (Phi) is 4.81. The summed E-state index contributed by atoms with van der Waals surface area (Å²) >= 11 is 3.47. The number of benzene rings is 1. The average molecular weight is 286 g/mol. The van der Waals surface area contributed by atoms with Gasteiger partial charge in [0.2, 0.25) is 0 Å². The predicted molar refractivity (Wildman–Crippen MR) is 71.6 cm³/mol. The van der Waals surface area contributed by atoms with Gasteiger partial charge in [0.1, 0.15) is 5.75 Å². The van der Waals surface area contributed by atoms with Crippen molar-refractivity contribution in [1.82, 2.24) is 0 Å². The van der Waals surface area contributed by atoms with Crippen LogP contribution < -0.4 is 10.5 Å². The molecule has 0 amide bonds. The van der Waals surface area contributed by atoms with E-state index in [1.54, 1.807) is 7.11 Å². The van der Waals surface area contributed by atoms with Crippen LogP contribution in [-0.2, 0) is 0 Å². The SMILES string of the molecule is COc1ccc(Br)cc1C(N)C(C)C(C)C. The van der Waals surface area contributed by atoms with Gasteiger partial charge < -0.3 is 10.5 Å². The van der Waals surface area contributed by atoms with E-state index < -0.39 is 0 Å². The lowest BCUT2D eigenvalue weighted by Gasteiger charge is -2.25. The van der Waals surface area contributed by atoms with Crippen molar-refractivity contribution in [2.24, 2.45) is 17.6 Å². The van der Waals surface area contributed by atoms with Gasteiger partial charge in [0, 0.05) is 16.1 Å². The number of rotatable bonds is 4. The first-order chi connectivity index (χ1) is 7.47. The highest BCUT2D eigenvalue weighted by Crippen LogP contribution is 2.33. The highest BCUT2D eigenvalue weighted by Gasteiger charge is 2.21. The molecule has 1 rings (SSSR count). The Hall–Kier alpha value is -0.540. The summed E-state index contributed by atoms with van der Waals surface area (Å²) in [5, 5.41) is 0. The third-order valence-electron chi connectivity index (χ3n) is 3.17. The van der Waals surface area contributed by atoms with Gasteiger partial charge in [0.25, 0.3) is 0 Å². The second-order valence-electron chi connectivity index (χ2n) is 4.52. The first-order valence-electron chi connectivity index (χ1n) is 5.56. The molecule has 1 aromatic carbocycles. The summed E-state index contributed by atoms with van der Waals surface area (Å²) in [6, 6.07) is 5.97. The molecule has 90 valence electrons. The molecule has 0 bridgehead atoms. The third-order valence-corrected chi connectivity index (χ3v) is 3.66. The molecule has 2 nitrogen and oxygen atoms in total. The smallest absolute Gasteiger partial charge is 0.123 e. The molecule has 0 aliphatic carbocycles. The van der Waals surface area contributed by atoms with Crippen molar-refractivity contribution in [3.63, 3.8) is 0 Å². The largest absolute Gasteiger partial charge is 0.496 e. The zero-order valence-electron chi connectivity index (χ0n) is 10.3. The van der Waals surface area contributed by atoms with Crippen LogP contribution in [0.5, 0.6) is 5.75 Å². The molecule has 0 aliphatic heterocycles. The van der Waals surface area contributed by atoms with E-state index in [9.17, 15) is 0 Å². The number of nitrogens with two attached hydrogens (primary N) is 1. The molecular weight excluding hydrogens is 266 g/mol. The van der Waals surface area contributed by atoms with Gasteiger partial charge in [0.05, 0.1) is 7.11 Å². The molecule has 0 aliphatic rings. The van der Waals surface area contributed by atoms with E-state index in [1.165, 1.54) is 0 Å². The minimum absolute atomic E-state index is 0.00690. The van der Waals surface area contributed by atoms with Crippen LogP contribution in [0, 0.1) is 11.8 Å². The Morgan fingerprint density at radius 2 is 1.88 bits per heavy atom. The van der Waals surface area contributed by atoms with Gasteiger partial charge in [-0.3, -0.25) is 0 Å². The molecule has 0 saturated carbocycles. The Bertz CT molecular complexity index is 352. The molecule has 16 heavy (non-hydrogen) atoms. The summed E-state index contributed by atoms with van der Waals surface area (Å²) in [4.78, 5) is 0. The van der Waals surface area contributed by atoms with Crippen LogP contribution in [0.3, 0.4) is 0 Å². The zero-order valence-corrected chi connectivity index (χ0v) is 11.9. The fraction of sp³-hybridized carbons (Fsp3) is 0.538. The number of hydrogen-bond donors (Lipinski definition) is 1. The predicted octanol–water partition coefficient (Wildman–Crippen LogP) is 3.75. The van der Waals surface area contributed by atoms with Gasteiger partial charge in [-0.2, -0.15) is 0 Å². The molecule has 0 heterocycles. The Morgan fingerprint density at radius 1 is 1.25 bits per heavy atom. The number of hydrogen-bond acceptors (Lipinski definition) is 2. The molecule has 2 unspecified atom stereocenters. The van der Waals surface area contributed by atoms with Crippen LogP contribution in [0.15, 0.2) is 22.7 Å². The van der Waals surface area contributed by atoms with Crippen molar-refractivity contribution < 1.29 is 4.74 Å².